The van der Waals surface area contributed by atoms with E-state index in [1.54, 1.807) is 0 Å². The van der Waals surface area contributed by atoms with Crippen molar-refractivity contribution in [1.82, 2.24) is 0 Å². The van der Waals surface area contributed by atoms with Crippen LogP contribution in [0.25, 0.3) is 0 Å². The van der Waals surface area contributed by atoms with Crippen LogP contribution in [-0.4, -0.2) is 11.1 Å². The molecule has 0 saturated heterocycles. The first-order valence-electron chi connectivity index (χ1n) is 0.928. The Morgan fingerprint density at radius 2 is 1.43 bits per heavy atom. The predicted octanol–water partition coefficient (Wildman–Crippen LogP) is 0.704. The third-order valence-corrected chi connectivity index (χ3v) is 0. The predicted molar refractivity (Wildman–Crippen MR) is 28.7 cm³/mol. The first kappa shape index (κ1) is 24.0. The van der Waals surface area contributed by atoms with E-state index >= 15 is 0 Å². The zero-order valence-electron chi connectivity index (χ0n) is 3.37. The summed E-state index contributed by atoms with van der Waals surface area (Å²) in [5, 5.41) is 7.42. The van der Waals surface area contributed by atoms with Gasteiger partial charge in [0.25, 0.3) is 5.97 Å². The average molecular weight is 315 g/mol. The maximum atomic E-state index is 9.00. The molecule has 2 nitrogen and oxygen atoms in total. The van der Waals surface area contributed by atoms with Crippen LogP contribution in [-0.2, 0) is 38.9 Å². The van der Waals surface area contributed by atoms with E-state index in [4.69, 9.17) is 9.90 Å². The molecule has 0 aliphatic carbocycles. The second-order valence-corrected chi connectivity index (χ2v) is 0.519. The quantitative estimate of drug-likeness (QED) is 0.528. The van der Waals surface area contributed by atoms with Crippen molar-refractivity contribution >= 4 is 29.9 Å². The molecule has 0 saturated carbocycles. The minimum atomic E-state index is -0.833. The molecule has 0 spiro atoms. The number of carboxylic acids is 1. The van der Waals surface area contributed by atoms with Crippen LogP contribution in [0.2, 0.25) is 0 Å². The number of hydrogen-bond acceptors (Lipinski definition) is 1. The van der Waals surface area contributed by atoms with Crippen LogP contribution in [0.1, 0.15) is 6.92 Å². The second-order valence-electron chi connectivity index (χ2n) is 0.519. The van der Waals surface area contributed by atoms with Gasteiger partial charge in [-0.2, -0.15) is 0 Å². The van der Waals surface area contributed by atoms with Gasteiger partial charge in [0.1, 0.15) is 0 Å². The van der Waals surface area contributed by atoms with Gasteiger partial charge in [-0.05, 0) is 0 Å². The van der Waals surface area contributed by atoms with Gasteiger partial charge in [-0.25, -0.2) is 0 Å². The van der Waals surface area contributed by atoms with Crippen molar-refractivity contribution in [3.63, 3.8) is 0 Å². The Morgan fingerprint density at radius 3 is 1.43 bits per heavy atom. The number of hydrogen-bond donors (Lipinski definition) is 1. The zero-order chi connectivity index (χ0) is 3.58. The fourth-order valence-electron chi connectivity index (χ4n) is 0. The van der Waals surface area contributed by atoms with Gasteiger partial charge < -0.3 is 5.11 Å². The van der Waals surface area contributed by atoms with Crippen molar-refractivity contribution in [2.45, 2.75) is 6.92 Å². The largest absolute Gasteiger partial charge is 0.481 e. The molecule has 0 heterocycles. The molecule has 0 aromatic heterocycles. The monoisotopic (exact) mass is 314 g/mol. The molecule has 0 bridgehead atoms. The van der Waals surface area contributed by atoms with E-state index in [2.05, 4.69) is 0 Å². The van der Waals surface area contributed by atoms with Gasteiger partial charge in [0.15, 0.2) is 0 Å². The Bertz CT molecular complexity index is 36.7. The van der Waals surface area contributed by atoms with E-state index in [0.717, 1.165) is 6.92 Å². The third kappa shape index (κ3) is 129. The molecule has 5 heteroatoms. The van der Waals surface area contributed by atoms with Crippen molar-refractivity contribution in [3.8, 4) is 0 Å². The van der Waals surface area contributed by atoms with Crippen molar-refractivity contribution < 1.29 is 44.0 Å². The molecule has 0 aromatic carbocycles. The molecule has 7 heavy (non-hydrogen) atoms. The molecule has 0 fully saturated rings. The normalized spacial score (nSPS) is 3.57. The summed E-state index contributed by atoms with van der Waals surface area (Å²) in [4.78, 5) is 9.00. The minimum Gasteiger partial charge on any atom is -0.481 e. The summed E-state index contributed by atoms with van der Waals surface area (Å²) in [6, 6.07) is 0. The molecule has 0 atom stereocenters. The van der Waals surface area contributed by atoms with E-state index in [0.29, 0.717) is 0 Å². The summed E-state index contributed by atoms with van der Waals surface area (Å²) < 4.78 is 0. The maximum absolute atomic E-state index is 9.00. The summed E-state index contributed by atoms with van der Waals surface area (Å²) in [5.41, 5.74) is 0. The molecule has 1 N–H and O–H groups in total. The summed E-state index contributed by atoms with van der Waals surface area (Å²) >= 11 is 0. The summed E-state index contributed by atoms with van der Waals surface area (Å²) in [6.45, 7) is 1.08. The van der Waals surface area contributed by atoms with Crippen LogP contribution in [0.4, 0.5) is 0 Å². The molecule has 54 valence electrons. The Hall–Kier alpha value is 1.24. The summed E-state index contributed by atoms with van der Waals surface area (Å²) in [7, 11) is 0. The first-order valence-corrected chi connectivity index (χ1v) is 0.928. The molecule has 0 rings (SSSR count). The van der Waals surface area contributed by atoms with Gasteiger partial charge in [-0.1, -0.05) is 0 Å². The van der Waals surface area contributed by atoms with Crippen LogP contribution in [0, 0.1) is 0 Å². The van der Waals surface area contributed by atoms with Crippen molar-refractivity contribution in [2.75, 3.05) is 0 Å². The smallest absolute Gasteiger partial charge is 0.300 e. The van der Waals surface area contributed by atoms with Gasteiger partial charge >= 0.3 is 0 Å². The Labute approximate surface area is 80.4 Å². The first-order chi connectivity index (χ1) is 1.73. The van der Waals surface area contributed by atoms with Gasteiger partial charge in [0.05, 0.1) is 0 Å². The average Bonchev–Trinajstić information content (AvgIpc) is 0.811. The van der Waals surface area contributed by atoms with Gasteiger partial charge in [-0.3, -0.25) is 4.79 Å². The molecule has 0 aliphatic rings. The molecule has 2 radical (unpaired) electrons. The van der Waals surface area contributed by atoms with E-state index in [1.807, 2.05) is 0 Å². The second kappa shape index (κ2) is 15.7. The zero-order valence-corrected chi connectivity index (χ0v) is 7.58. The molecular weight excluding hydrogens is 310 g/mol. The molecule has 0 amide bonds. The Morgan fingerprint density at radius 1 is 1.43 bits per heavy atom. The number of rotatable bonds is 0. The van der Waals surface area contributed by atoms with Crippen LogP contribution in [0.5, 0.6) is 0 Å². The van der Waals surface area contributed by atoms with Gasteiger partial charge in [-0.15, -0.1) is 24.0 Å². The molecular formula is C2H5Cu2IO2. The van der Waals surface area contributed by atoms with E-state index < -0.39 is 5.97 Å². The maximum Gasteiger partial charge on any atom is 0.300 e. The van der Waals surface area contributed by atoms with Crippen LogP contribution in [0.3, 0.4) is 0 Å². The fraction of sp³-hybridized carbons (Fsp3) is 0.500. The minimum absolute atomic E-state index is 0. The van der Waals surface area contributed by atoms with Gasteiger partial charge in [0.2, 0.25) is 0 Å². The van der Waals surface area contributed by atoms with E-state index in [-0.39, 0.29) is 58.1 Å². The molecule has 0 aliphatic heterocycles. The molecule has 0 aromatic rings. The number of carbonyl (C=O) groups is 1. The number of carboxylic acid groups (broad SMARTS) is 1. The van der Waals surface area contributed by atoms with Crippen LogP contribution >= 0.6 is 24.0 Å². The number of halogens is 1. The topological polar surface area (TPSA) is 37.3 Å². The molecule has 0 unspecified atom stereocenters. The summed E-state index contributed by atoms with van der Waals surface area (Å²) in [5.74, 6) is -0.833. The van der Waals surface area contributed by atoms with Crippen LogP contribution in [0.15, 0.2) is 0 Å². The van der Waals surface area contributed by atoms with Gasteiger partial charge in [0, 0.05) is 41.1 Å². The Kier molecular flexibility index (Phi) is 53.8. The third-order valence-electron chi connectivity index (χ3n) is 0. The van der Waals surface area contributed by atoms with Crippen molar-refractivity contribution in [1.29, 1.82) is 0 Å². The van der Waals surface area contributed by atoms with Crippen molar-refractivity contribution in [3.05, 3.63) is 0 Å². The fourth-order valence-corrected chi connectivity index (χ4v) is 0. The SMILES string of the molecule is CC(=O)O.I.[Cu].[Cu]. The van der Waals surface area contributed by atoms with Crippen LogP contribution < -0.4 is 0 Å². The van der Waals surface area contributed by atoms with E-state index in [9.17, 15) is 0 Å². The Balaban J connectivity index is -0.0000000150. The van der Waals surface area contributed by atoms with Crippen molar-refractivity contribution in [2.24, 2.45) is 0 Å². The summed E-state index contributed by atoms with van der Waals surface area (Å²) in [6.07, 6.45) is 0. The number of aliphatic carboxylic acids is 1. The van der Waals surface area contributed by atoms with E-state index in [1.165, 1.54) is 0 Å². The standard InChI is InChI=1S/C2H4O2.2Cu.HI/c1-2(3)4;;;/h1H3,(H,3,4);;;1H.